The maximum atomic E-state index is 13.3. The molecule has 1 N–H and O–H groups in total. The molecule has 1 aliphatic rings. The zero-order valence-electron chi connectivity index (χ0n) is 18.7. The number of carbonyl (C=O) groups excluding carboxylic acids is 1. The Balaban J connectivity index is 1.61. The lowest BCUT2D eigenvalue weighted by Gasteiger charge is -2.14. The number of aryl methyl sites for hydroxylation is 2. The number of nitrogens with one attached hydrogen (secondary N) is 1. The van der Waals surface area contributed by atoms with Crippen molar-refractivity contribution in [2.75, 3.05) is 18.4 Å². The first-order valence-corrected chi connectivity index (χ1v) is 12.3. The molecule has 2 aromatic heterocycles. The van der Waals surface area contributed by atoms with Gasteiger partial charge in [0.15, 0.2) is 0 Å². The van der Waals surface area contributed by atoms with Gasteiger partial charge in [0.05, 0.1) is 10.5 Å². The van der Waals surface area contributed by atoms with Crippen LogP contribution in [0.3, 0.4) is 0 Å². The van der Waals surface area contributed by atoms with Gasteiger partial charge in [0, 0.05) is 19.3 Å². The van der Waals surface area contributed by atoms with Crippen LogP contribution in [-0.4, -0.2) is 37.6 Å². The summed E-state index contributed by atoms with van der Waals surface area (Å²) < 4.78 is 2.05. The van der Waals surface area contributed by atoms with Crippen LogP contribution in [0.4, 0.5) is 5.82 Å². The monoisotopic (exact) mass is 478 g/mol. The molecule has 4 rings (SSSR count). The normalized spacial score (nSPS) is 15.1. The van der Waals surface area contributed by atoms with Gasteiger partial charge < -0.3 is 5.32 Å². The number of amides is 1. The number of hydrogen-bond acceptors (Lipinski definition) is 6. The maximum Gasteiger partial charge on any atom is 0.267 e. The Bertz CT molecular complexity index is 1280. The summed E-state index contributed by atoms with van der Waals surface area (Å²) in [6, 6.07) is 13.9. The van der Waals surface area contributed by atoms with Crippen molar-refractivity contribution in [2.24, 2.45) is 0 Å². The van der Waals surface area contributed by atoms with Gasteiger partial charge in [-0.05, 0) is 49.5 Å². The van der Waals surface area contributed by atoms with E-state index in [4.69, 9.17) is 12.2 Å². The van der Waals surface area contributed by atoms with Crippen LogP contribution in [0.2, 0.25) is 0 Å². The largest absolute Gasteiger partial charge is 0.369 e. The van der Waals surface area contributed by atoms with Gasteiger partial charge in [-0.2, -0.15) is 0 Å². The molecule has 0 atom stereocenters. The number of benzene rings is 1. The number of carbonyl (C=O) groups is 1. The molecule has 0 bridgehead atoms. The fourth-order valence-electron chi connectivity index (χ4n) is 3.68. The minimum Gasteiger partial charge on any atom is -0.369 e. The van der Waals surface area contributed by atoms with E-state index < -0.39 is 0 Å². The van der Waals surface area contributed by atoms with E-state index in [0.29, 0.717) is 39.3 Å². The van der Waals surface area contributed by atoms with Crippen molar-refractivity contribution in [3.05, 3.63) is 80.6 Å². The van der Waals surface area contributed by atoms with Crippen LogP contribution < -0.4 is 10.9 Å². The lowest BCUT2D eigenvalue weighted by molar-refractivity contribution is -0.122. The van der Waals surface area contributed by atoms with E-state index >= 15 is 0 Å². The molecule has 1 saturated heterocycles. The number of fused-ring (bicyclic) bond motifs is 1. The SMILES string of the molecule is CCCNc1nc2ccc(C)cn2c(=O)c1/C=C1\SC(=S)N(CCCc2ccccc2)C1=O. The number of thioether (sulfide) groups is 1. The fraction of sp³-hybridized carbons (Fsp3) is 0.280. The van der Waals surface area contributed by atoms with Gasteiger partial charge >= 0.3 is 0 Å². The lowest BCUT2D eigenvalue weighted by Crippen LogP contribution is -2.29. The molecule has 0 aliphatic carbocycles. The van der Waals surface area contributed by atoms with E-state index in [-0.39, 0.29) is 11.5 Å². The molecule has 3 heterocycles. The number of aromatic nitrogens is 2. The third-order valence-corrected chi connectivity index (χ3v) is 6.76. The predicted octanol–water partition coefficient (Wildman–Crippen LogP) is 4.66. The van der Waals surface area contributed by atoms with Crippen molar-refractivity contribution >= 4 is 51.7 Å². The Hall–Kier alpha value is -2.97. The lowest BCUT2D eigenvalue weighted by atomic mass is 10.1. The van der Waals surface area contributed by atoms with E-state index in [1.54, 1.807) is 17.2 Å². The molecule has 1 aliphatic heterocycles. The molecule has 1 amide bonds. The van der Waals surface area contributed by atoms with Crippen LogP contribution in [-0.2, 0) is 11.2 Å². The highest BCUT2D eigenvalue weighted by Gasteiger charge is 2.32. The van der Waals surface area contributed by atoms with Crippen LogP contribution in [0.15, 0.2) is 58.4 Å². The Morgan fingerprint density at radius 3 is 2.70 bits per heavy atom. The summed E-state index contributed by atoms with van der Waals surface area (Å²) in [6.07, 6.45) is 5.97. The summed E-state index contributed by atoms with van der Waals surface area (Å²) in [6.45, 7) is 5.20. The van der Waals surface area contributed by atoms with Gasteiger partial charge in [-0.1, -0.05) is 67.3 Å². The summed E-state index contributed by atoms with van der Waals surface area (Å²) in [5.41, 5.74) is 2.91. The number of nitrogens with zero attached hydrogens (tertiary/aromatic N) is 3. The van der Waals surface area contributed by atoms with Gasteiger partial charge in [-0.15, -0.1) is 0 Å². The molecule has 0 saturated carbocycles. The van der Waals surface area contributed by atoms with E-state index in [2.05, 4.69) is 22.4 Å². The molecule has 8 heteroatoms. The summed E-state index contributed by atoms with van der Waals surface area (Å²) in [4.78, 5) is 33.2. The molecule has 170 valence electrons. The Kier molecular flexibility index (Phi) is 7.25. The third kappa shape index (κ3) is 5.17. The van der Waals surface area contributed by atoms with Crippen molar-refractivity contribution < 1.29 is 4.79 Å². The first-order valence-electron chi connectivity index (χ1n) is 11.0. The summed E-state index contributed by atoms with van der Waals surface area (Å²) in [5.74, 6) is 0.327. The summed E-state index contributed by atoms with van der Waals surface area (Å²) in [7, 11) is 0. The van der Waals surface area contributed by atoms with Crippen LogP contribution in [0.25, 0.3) is 11.7 Å². The quantitative estimate of drug-likeness (QED) is 0.375. The Morgan fingerprint density at radius 2 is 1.94 bits per heavy atom. The Morgan fingerprint density at radius 1 is 1.15 bits per heavy atom. The van der Waals surface area contributed by atoms with Crippen molar-refractivity contribution in [3.8, 4) is 0 Å². The van der Waals surface area contributed by atoms with E-state index in [0.717, 1.165) is 24.8 Å². The second-order valence-electron chi connectivity index (χ2n) is 7.96. The zero-order chi connectivity index (χ0) is 23.4. The first-order chi connectivity index (χ1) is 16.0. The highest BCUT2D eigenvalue weighted by molar-refractivity contribution is 8.26. The topological polar surface area (TPSA) is 66.7 Å². The highest BCUT2D eigenvalue weighted by Crippen LogP contribution is 2.33. The number of rotatable bonds is 8. The summed E-state index contributed by atoms with van der Waals surface area (Å²) in [5, 5.41) is 3.24. The van der Waals surface area contributed by atoms with Gasteiger partial charge in [0.1, 0.15) is 15.8 Å². The van der Waals surface area contributed by atoms with Crippen LogP contribution in [0, 0.1) is 6.92 Å². The molecular weight excluding hydrogens is 452 g/mol. The van der Waals surface area contributed by atoms with E-state index in [9.17, 15) is 9.59 Å². The molecule has 0 radical (unpaired) electrons. The third-order valence-electron chi connectivity index (χ3n) is 5.39. The van der Waals surface area contributed by atoms with Crippen LogP contribution in [0.5, 0.6) is 0 Å². The highest BCUT2D eigenvalue weighted by atomic mass is 32.2. The minimum atomic E-state index is -0.211. The van der Waals surface area contributed by atoms with Crippen molar-refractivity contribution in [1.82, 2.24) is 14.3 Å². The maximum absolute atomic E-state index is 13.3. The van der Waals surface area contributed by atoms with Crippen molar-refractivity contribution in [3.63, 3.8) is 0 Å². The number of anilines is 1. The average molecular weight is 479 g/mol. The molecule has 0 spiro atoms. The average Bonchev–Trinajstić information content (AvgIpc) is 3.08. The van der Waals surface area contributed by atoms with Crippen molar-refractivity contribution in [2.45, 2.75) is 33.1 Å². The smallest absolute Gasteiger partial charge is 0.267 e. The van der Waals surface area contributed by atoms with Gasteiger partial charge in [-0.25, -0.2) is 4.98 Å². The fourth-order valence-corrected chi connectivity index (χ4v) is 4.97. The predicted molar refractivity (Wildman–Crippen MR) is 140 cm³/mol. The minimum absolute atomic E-state index is 0.159. The number of pyridine rings is 1. The summed E-state index contributed by atoms with van der Waals surface area (Å²) >= 11 is 6.72. The molecule has 6 nitrogen and oxygen atoms in total. The van der Waals surface area contributed by atoms with Crippen LogP contribution in [0.1, 0.15) is 36.5 Å². The molecule has 3 aromatic rings. The van der Waals surface area contributed by atoms with E-state index in [1.165, 1.54) is 21.7 Å². The second kappa shape index (κ2) is 10.3. The first kappa shape index (κ1) is 23.2. The number of thiocarbonyl (C=S) groups is 1. The zero-order valence-corrected chi connectivity index (χ0v) is 20.3. The molecule has 0 unspecified atom stereocenters. The molecule has 33 heavy (non-hydrogen) atoms. The number of hydrogen-bond donors (Lipinski definition) is 1. The van der Waals surface area contributed by atoms with E-state index in [1.807, 2.05) is 44.2 Å². The molecule has 1 aromatic carbocycles. The Labute approximate surface area is 202 Å². The standard InChI is InChI=1S/C25H26N4O2S2/c1-3-13-26-22-19(23(30)29-16-17(2)11-12-21(29)27-22)15-20-24(31)28(25(32)33-20)14-7-10-18-8-5-4-6-9-18/h4-6,8-9,11-12,15-16,26H,3,7,10,13-14H2,1-2H3/b20-15-. The van der Waals surface area contributed by atoms with Crippen LogP contribution >= 0.6 is 24.0 Å². The van der Waals surface area contributed by atoms with Gasteiger partial charge in [0.2, 0.25) is 0 Å². The van der Waals surface area contributed by atoms with Gasteiger partial charge in [-0.3, -0.25) is 18.9 Å². The van der Waals surface area contributed by atoms with Crippen molar-refractivity contribution in [1.29, 1.82) is 0 Å². The molecular formula is C25H26N4O2S2. The molecule has 1 fully saturated rings. The van der Waals surface area contributed by atoms with Gasteiger partial charge in [0.25, 0.3) is 11.5 Å². The second-order valence-corrected chi connectivity index (χ2v) is 9.64.